The summed E-state index contributed by atoms with van der Waals surface area (Å²) in [7, 11) is 3.75. The molecular weight excluding hydrogens is 536 g/mol. The second-order valence-corrected chi connectivity index (χ2v) is 9.87. The van der Waals surface area contributed by atoms with Crippen LogP contribution in [0, 0.1) is 0 Å². The Kier molecular flexibility index (Phi) is 11.3. The monoisotopic (exact) mass is 560 g/mol. The van der Waals surface area contributed by atoms with Gasteiger partial charge in [0.1, 0.15) is 31.6 Å². The summed E-state index contributed by atoms with van der Waals surface area (Å²) in [6.45, 7) is -0.703. The molecule has 37 heavy (non-hydrogen) atoms. The van der Waals surface area contributed by atoms with Crippen molar-refractivity contribution >= 4 is 57.0 Å². The zero-order valence-electron chi connectivity index (χ0n) is 19.4. The van der Waals surface area contributed by atoms with Crippen molar-refractivity contribution in [3.05, 3.63) is 22.5 Å². The lowest BCUT2D eigenvalue weighted by Gasteiger charge is -2.18. The van der Waals surface area contributed by atoms with Crippen LogP contribution in [0.25, 0.3) is 5.65 Å². The van der Waals surface area contributed by atoms with E-state index < -0.39 is 54.0 Å². The smallest absolute Gasteiger partial charge is 0.361 e. The van der Waals surface area contributed by atoms with Gasteiger partial charge in [-0.3, -0.25) is 19.2 Å². The molecule has 0 aromatic carbocycles. The molecule has 202 valence electrons. The average Bonchev–Trinajstić information content (AvgIpc) is 3.29. The predicted octanol–water partition coefficient (Wildman–Crippen LogP) is -2.76. The van der Waals surface area contributed by atoms with E-state index in [1.165, 1.54) is 17.8 Å². The van der Waals surface area contributed by atoms with Crippen LogP contribution >= 0.6 is 21.6 Å². The summed E-state index contributed by atoms with van der Waals surface area (Å²) in [6, 6.07) is -2.35. The lowest BCUT2D eigenvalue weighted by Crippen LogP contribution is -2.49. The fourth-order valence-electron chi connectivity index (χ4n) is 2.58. The molecule has 2 heterocycles. The summed E-state index contributed by atoms with van der Waals surface area (Å²) < 4.78 is 7.14. The number of ether oxygens (including phenoxy) is 1. The number of carbonyl (C=O) groups is 5. The molecule has 0 saturated carbocycles. The van der Waals surface area contributed by atoms with Crippen LogP contribution in [0.15, 0.2) is 11.1 Å². The highest BCUT2D eigenvalue weighted by molar-refractivity contribution is 8.76. The molecule has 17 nitrogen and oxygen atoms in total. The third kappa shape index (κ3) is 9.03. The highest BCUT2D eigenvalue weighted by Gasteiger charge is 2.23. The lowest BCUT2D eigenvalue weighted by atomic mass is 10.1. The molecule has 19 heteroatoms. The summed E-state index contributed by atoms with van der Waals surface area (Å²) in [5.41, 5.74) is 4.59. The van der Waals surface area contributed by atoms with Crippen molar-refractivity contribution in [1.82, 2.24) is 35.0 Å². The number of hydrogen-bond acceptors (Lipinski definition) is 13. The zero-order valence-corrected chi connectivity index (χ0v) is 21.0. The van der Waals surface area contributed by atoms with Gasteiger partial charge in [-0.1, -0.05) is 26.8 Å². The van der Waals surface area contributed by atoms with Crippen LogP contribution in [0.2, 0.25) is 0 Å². The Morgan fingerprint density at radius 1 is 1.22 bits per heavy atom. The van der Waals surface area contributed by atoms with Gasteiger partial charge in [0.25, 0.3) is 0 Å². The number of aliphatic carboxylic acids is 2. The van der Waals surface area contributed by atoms with Crippen LogP contribution in [0.1, 0.15) is 23.3 Å². The summed E-state index contributed by atoms with van der Waals surface area (Å²) >= 11 is 0. The maximum absolute atomic E-state index is 12.3. The van der Waals surface area contributed by atoms with Crippen LogP contribution in [0.4, 0.5) is 0 Å². The molecule has 6 N–H and O–H groups in total. The van der Waals surface area contributed by atoms with E-state index in [-0.39, 0.29) is 42.3 Å². The van der Waals surface area contributed by atoms with Crippen LogP contribution in [0.5, 0.6) is 0 Å². The Hall–Kier alpha value is -3.71. The van der Waals surface area contributed by atoms with E-state index in [4.69, 9.17) is 20.7 Å². The molecule has 2 amide bonds. The standard InChI is InChI=1S/C18H24N8O9S2/c1-25-18(34)26-8-21-13(14(26)23-24-25)17(33)35-4-5-36-37-7-10(15(30)20-6-12(28)29)22-11(27)3-2-9(19)16(31)32/h8-10H,2-7,19H2,1H3,(H,20,30)(H,22,27)(H,28,29)(H,31,32)/t9-,10-/m0/s1. The molecule has 2 atom stereocenters. The van der Waals surface area contributed by atoms with E-state index in [1.54, 1.807) is 0 Å². The number of aromatic nitrogens is 5. The zero-order chi connectivity index (χ0) is 27.5. The molecule has 0 fully saturated rings. The second-order valence-electron chi connectivity index (χ2n) is 7.24. The number of hydrogen-bond donors (Lipinski definition) is 5. The highest BCUT2D eigenvalue weighted by atomic mass is 33.1. The van der Waals surface area contributed by atoms with Gasteiger partial charge in [-0.15, -0.1) is 5.10 Å². The fraction of sp³-hybridized carbons (Fsp3) is 0.500. The van der Waals surface area contributed by atoms with Crippen LogP contribution in [-0.4, -0.2) is 101 Å². The first-order valence-electron chi connectivity index (χ1n) is 10.5. The van der Waals surface area contributed by atoms with Crippen LogP contribution in [-0.2, 0) is 31.0 Å². The van der Waals surface area contributed by atoms with Crippen molar-refractivity contribution in [3.63, 3.8) is 0 Å². The third-order valence-electron chi connectivity index (χ3n) is 4.48. The first kappa shape index (κ1) is 29.5. The number of nitrogens with one attached hydrogen (secondary N) is 2. The molecule has 0 unspecified atom stereocenters. The highest BCUT2D eigenvalue weighted by Crippen LogP contribution is 2.22. The maximum Gasteiger partial charge on any atom is 0.361 e. The minimum Gasteiger partial charge on any atom is -0.480 e. The number of rotatable bonds is 15. The molecule has 0 aliphatic heterocycles. The van der Waals surface area contributed by atoms with E-state index in [9.17, 15) is 28.8 Å². The summed E-state index contributed by atoms with van der Waals surface area (Å²) in [4.78, 5) is 73.9. The van der Waals surface area contributed by atoms with Gasteiger partial charge in [-0.25, -0.2) is 19.0 Å². The Balaban J connectivity index is 1.81. The summed E-state index contributed by atoms with van der Waals surface area (Å²) in [6.07, 6.45) is 0.736. The van der Waals surface area contributed by atoms with E-state index in [1.807, 2.05) is 0 Å². The van der Waals surface area contributed by atoms with E-state index in [0.29, 0.717) is 0 Å². The Labute approximate surface area is 215 Å². The molecule has 2 rings (SSSR count). The minimum atomic E-state index is -1.27. The number of carbonyl (C=O) groups excluding carboxylic acids is 3. The molecule has 0 bridgehead atoms. The molecule has 2 aromatic heterocycles. The fourth-order valence-corrected chi connectivity index (χ4v) is 4.57. The maximum atomic E-state index is 12.3. The predicted molar refractivity (Wildman–Crippen MR) is 129 cm³/mol. The number of fused-ring (bicyclic) bond motifs is 1. The number of carboxylic acids is 2. The van der Waals surface area contributed by atoms with Gasteiger partial charge in [0.2, 0.25) is 11.8 Å². The SMILES string of the molecule is Cn1nnc2c(C(=O)OCCSSC[C@H](NC(=O)CC[C@H](N)C(=O)O)C(=O)NCC(=O)O)ncn2c1=O. The van der Waals surface area contributed by atoms with Crippen molar-refractivity contribution in [1.29, 1.82) is 0 Å². The van der Waals surface area contributed by atoms with Gasteiger partial charge in [-0.2, -0.15) is 4.68 Å². The van der Waals surface area contributed by atoms with Gasteiger partial charge < -0.3 is 31.3 Å². The third-order valence-corrected chi connectivity index (χ3v) is 6.85. The topological polar surface area (TPSA) is 250 Å². The quantitative estimate of drug-likeness (QED) is 0.0840. The molecule has 2 aromatic rings. The minimum absolute atomic E-state index is 0.0331. The van der Waals surface area contributed by atoms with Gasteiger partial charge in [0.05, 0.1) is 0 Å². The molecule has 0 aliphatic rings. The molecule has 0 saturated heterocycles. The van der Waals surface area contributed by atoms with Crippen LogP contribution in [0.3, 0.4) is 0 Å². The molecular formula is C18H24N8O9S2. The summed E-state index contributed by atoms with van der Waals surface area (Å²) in [5.74, 6) is -4.41. The second kappa shape index (κ2) is 14.1. The normalized spacial score (nSPS) is 12.5. The lowest BCUT2D eigenvalue weighted by molar-refractivity contribution is -0.139. The number of nitrogens with zero attached hydrogens (tertiary/aromatic N) is 5. The molecule has 0 spiro atoms. The number of aryl methyl sites for hydroxylation is 1. The largest absolute Gasteiger partial charge is 0.480 e. The van der Waals surface area contributed by atoms with Gasteiger partial charge in [0, 0.05) is 25.0 Å². The Morgan fingerprint density at radius 3 is 2.62 bits per heavy atom. The average molecular weight is 561 g/mol. The first-order chi connectivity index (χ1) is 17.5. The first-order valence-corrected chi connectivity index (χ1v) is 13.0. The summed E-state index contributed by atoms with van der Waals surface area (Å²) in [5, 5.41) is 29.5. The number of amides is 2. The number of esters is 1. The number of carboxylic acid groups (broad SMARTS) is 2. The number of imidazole rings is 1. The van der Waals surface area contributed by atoms with Gasteiger partial charge >= 0.3 is 23.6 Å². The van der Waals surface area contributed by atoms with Crippen molar-refractivity contribution < 1.29 is 38.9 Å². The van der Waals surface area contributed by atoms with Crippen molar-refractivity contribution in [3.8, 4) is 0 Å². The van der Waals surface area contributed by atoms with Crippen molar-refractivity contribution in [2.75, 3.05) is 24.7 Å². The van der Waals surface area contributed by atoms with Gasteiger partial charge in [-0.05, 0) is 6.42 Å². The van der Waals surface area contributed by atoms with Crippen molar-refractivity contribution in [2.24, 2.45) is 12.8 Å². The Morgan fingerprint density at radius 2 is 1.95 bits per heavy atom. The van der Waals surface area contributed by atoms with Crippen molar-refractivity contribution in [2.45, 2.75) is 24.9 Å². The van der Waals surface area contributed by atoms with E-state index in [2.05, 4.69) is 25.9 Å². The van der Waals surface area contributed by atoms with E-state index in [0.717, 1.165) is 26.2 Å². The van der Waals surface area contributed by atoms with Crippen LogP contribution < -0.4 is 22.1 Å². The van der Waals surface area contributed by atoms with Gasteiger partial charge in [0.15, 0.2) is 11.3 Å². The Bertz CT molecular complexity index is 1220. The molecule has 0 aliphatic carbocycles. The molecule has 0 radical (unpaired) electrons. The number of nitrogens with two attached hydrogens (primary N) is 1. The van der Waals surface area contributed by atoms with E-state index >= 15 is 0 Å².